The molecule has 0 saturated carbocycles. The van der Waals surface area contributed by atoms with Crippen molar-refractivity contribution >= 4 is 17.3 Å². The third-order valence-corrected chi connectivity index (χ3v) is 4.93. The minimum Gasteiger partial charge on any atom is -0.508 e. The van der Waals surface area contributed by atoms with E-state index in [1.165, 1.54) is 18.2 Å². The van der Waals surface area contributed by atoms with Crippen LogP contribution in [0.1, 0.15) is 35.7 Å². The second kappa shape index (κ2) is 8.21. The molecule has 148 valence electrons. The summed E-state index contributed by atoms with van der Waals surface area (Å²) in [5.41, 5.74) is 7.59. The van der Waals surface area contributed by atoms with Crippen molar-refractivity contribution in [3.05, 3.63) is 47.5 Å². The first-order valence-corrected chi connectivity index (χ1v) is 9.25. The summed E-state index contributed by atoms with van der Waals surface area (Å²) in [5.74, 6) is 0.138. The van der Waals surface area contributed by atoms with Gasteiger partial charge in [-0.15, -0.1) is 0 Å². The number of benzene rings is 2. The van der Waals surface area contributed by atoms with E-state index in [4.69, 9.17) is 15.9 Å². The first-order chi connectivity index (χ1) is 13.4. The van der Waals surface area contributed by atoms with E-state index in [2.05, 4.69) is 0 Å². The molecule has 1 unspecified atom stereocenters. The lowest BCUT2D eigenvalue weighted by atomic mass is 9.98. The topological polar surface area (TPSA) is 120 Å². The number of carbonyl (C=O) groups excluding carboxylic acids is 1. The van der Waals surface area contributed by atoms with Crippen LogP contribution in [0.2, 0.25) is 0 Å². The van der Waals surface area contributed by atoms with E-state index in [-0.39, 0.29) is 28.9 Å². The van der Waals surface area contributed by atoms with Crippen molar-refractivity contribution < 1.29 is 19.7 Å². The van der Waals surface area contributed by atoms with Gasteiger partial charge >= 0.3 is 0 Å². The highest BCUT2D eigenvalue weighted by Crippen LogP contribution is 2.28. The van der Waals surface area contributed by atoms with Gasteiger partial charge in [-0.2, -0.15) is 0 Å². The van der Waals surface area contributed by atoms with Crippen LogP contribution in [0.5, 0.6) is 17.2 Å². The zero-order valence-electron chi connectivity index (χ0n) is 15.8. The molecule has 0 aliphatic carbocycles. The summed E-state index contributed by atoms with van der Waals surface area (Å²) in [6, 6.07) is 9.31. The Kier molecular flexibility index (Phi) is 5.73. The van der Waals surface area contributed by atoms with Crippen LogP contribution in [0, 0.1) is 11.3 Å². The predicted molar refractivity (Wildman–Crippen MR) is 107 cm³/mol. The Bertz CT molecular complexity index is 897. The Labute approximate surface area is 163 Å². The van der Waals surface area contributed by atoms with Crippen molar-refractivity contribution in [3.8, 4) is 17.2 Å². The SMILES string of the molecule is CC(=N)c1c(N)cccc1OCC1CCCN(C(=O)c2ccc(O)cc2O)C1. The molecule has 2 aromatic rings. The van der Waals surface area contributed by atoms with Gasteiger partial charge in [0.15, 0.2) is 0 Å². The molecule has 7 heteroatoms. The summed E-state index contributed by atoms with van der Waals surface area (Å²) in [7, 11) is 0. The number of nitrogen functional groups attached to an aromatic ring is 1. The first kappa shape index (κ1) is 19.5. The Hall–Kier alpha value is -3.22. The Balaban J connectivity index is 1.67. The highest BCUT2D eigenvalue weighted by molar-refractivity contribution is 6.03. The van der Waals surface area contributed by atoms with Crippen molar-refractivity contribution in [2.45, 2.75) is 19.8 Å². The number of hydrogen-bond acceptors (Lipinski definition) is 6. The van der Waals surface area contributed by atoms with Crippen LogP contribution >= 0.6 is 0 Å². The van der Waals surface area contributed by atoms with Gasteiger partial charge in [0.05, 0.1) is 17.7 Å². The number of nitrogens with two attached hydrogens (primary N) is 1. The van der Waals surface area contributed by atoms with E-state index in [9.17, 15) is 15.0 Å². The van der Waals surface area contributed by atoms with Gasteiger partial charge in [0.2, 0.25) is 0 Å². The molecule has 0 bridgehead atoms. The number of aromatic hydroxyl groups is 2. The number of amides is 1. The van der Waals surface area contributed by atoms with E-state index in [1.807, 2.05) is 0 Å². The summed E-state index contributed by atoms with van der Waals surface area (Å²) in [4.78, 5) is 14.4. The smallest absolute Gasteiger partial charge is 0.257 e. The lowest BCUT2D eigenvalue weighted by Gasteiger charge is -2.33. The number of rotatable bonds is 5. The van der Waals surface area contributed by atoms with Crippen LogP contribution in [-0.2, 0) is 0 Å². The molecule has 3 rings (SSSR count). The molecular formula is C21H25N3O4. The number of piperidine rings is 1. The maximum absolute atomic E-state index is 12.7. The van der Waals surface area contributed by atoms with Crippen LogP contribution in [0.15, 0.2) is 36.4 Å². The van der Waals surface area contributed by atoms with E-state index >= 15 is 0 Å². The number of ether oxygens (including phenoxy) is 1. The zero-order valence-corrected chi connectivity index (χ0v) is 15.8. The number of likely N-dealkylation sites (tertiary alicyclic amines) is 1. The molecule has 0 radical (unpaired) electrons. The van der Waals surface area contributed by atoms with Gasteiger partial charge in [0.1, 0.15) is 17.2 Å². The minimum absolute atomic E-state index is 0.0848. The van der Waals surface area contributed by atoms with Gasteiger partial charge in [0, 0.05) is 36.5 Å². The van der Waals surface area contributed by atoms with Gasteiger partial charge in [-0.25, -0.2) is 0 Å². The molecule has 1 atom stereocenters. The number of anilines is 1. The first-order valence-electron chi connectivity index (χ1n) is 9.25. The molecule has 2 aromatic carbocycles. The molecule has 28 heavy (non-hydrogen) atoms. The molecule has 1 saturated heterocycles. The number of carbonyl (C=O) groups is 1. The van der Waals surface area contributed by atoms with Crippen molar-refractivity contribution in [2.75, 3.05) is 25.4 Å². The second-order valence-electron chi connectivity index (χ2n) is 7.12. The van der Waals surface area contributed by atoms with Crippen LogP contribution in [-0.4, -0.2) is 46.4 Å². The summed E-state index contributed by atoms with van der Waals surface area (Å²) in [6.45, 7) is 3.21. The second-order valence-corrected chi connectivity index (χ2v) is 7.12. The van der Waals surface area contributed by atoms with Gasteiger partial charge in [-0.1, -0.05) is 6.07 Å². The molecule has 1 aliphatic rings. The van der Waals surface area contributed by atoms with Crippen molar-refractivity contribution in [2.24, 2.45) is 5.92 Å². The third kappa shape index (κ3) is 4.19. The number of nitrogens with one attached hydrogen (secondary N) is 1. The number of phenols is 2. The van der Waals surface area contributed by atoms with Crippen LogP contribution in [0.3, 0.4) is 0 Å². The molecule has 0 spiro atoms. The van der Waals surface area contributed by atoms with Crippen LogP contribution < -0.4 is 10.5 Å². The number of nitrogens with zero attached hydrogens (tertiary/aromatic N) is 1. The summed E-state index contributed by atoms with van der Waals surface area (Å²) >= 11 is 0. The molecule has 1 heterocycles. The zero-order chi connectivity index (χ0) is 20.3. The number of hydrogen-bond donors (Lipinski definition) is 4. The van der Waals surface area contributed by atoms with Gasteiger partial charge < -0.3 is 31.0 Å². The summed E-state index contributed by atoms with van der Waals surface area (Å²) < 4.78 is 5.95. The van der Waals surface area contributed by atoms with Crippen LogP contribution in [0.25, 0.3) is 0 Å². The Morgan fingerprint density at radius 2 is 2.11 bits per heavy atom. The lowest BCUT2D eigenvalue weighted by Crippen LogP contribution is -2.41. The highest BCUT2D eigenvalue weighted by atomic mass is 16.5. The van der Waals surface area contributed by atoms with E-state index in [0.717, 1.165) is 12.8 Å². The maximum Gasteiger partial charge on any atom is 0.257 e. The van der Waals surface area contributed by atoms with Crippen LogP contribution in [0.4, 0.5) is 5.69 Å². The van der Waals surface area contributed by atoms with Gasteiger partial charge in [-0.3, -0.25) is 4.79 Å². The van der Waals surface area contributed by atoms with E-state index in [0.29, 0.717) is 42.4 Å². The summed E-state index contributed by atoms with van der Waals surface area (Å²) in [6.07, 6.45) is 1.76. The largest absolute Gasteiger partial charge is 0.508 e. The van der Waals surface area contributed by atoms with Crippen molar-refractivity contribution in [1.29, 1.82) is 5.41 Å². The monoisotopic (exact) mass is 383 g/mol. The quantitative estimate of drug-likeness (QED) is 0.467. The Morgan fingerprint density at radius 1 is 1.32 bits per heavy atom. The fourth-order valence-corrected chi connectivity index (χ4v) is 3.53. The molecule has 1 aliphatic heterocycles. The normalized spacial score (nSPS) is 16.6. The van der Waals surface area contributed by atoms with Gasteiger partial charge in [0.25, 0.3) is 5.91 Å². The molecular weight excluding hydrogens is 358 g/mol. The maximum atomic E-state index is 12.7. The third-order valence-electron chi connectivity index (χ3n) is 4.93. The minimum atomic E-state index is -0.262. The standard InChI is InChI=1S/C21H25N3O4/c1-13(22)20-17(23)5-2-6-19(20)28-12-14-4-3-9-24(11-14)21(27)16-8-7-15(25)10-18(16)26/h2,5-8,10,14,22,25-26H,3-4,9,11-12,23H2,1H3. The fraction of sp³-hybridized carbons (Fsp3) is 0.333. The molecule has 5 N–H and O–H groups in total. The average molecular weight is 383 g/mol. The molecule has 0 aromatic heterocycles. The molecule has 7 nitrogen and oxygen atoms in total. The van der Waals surface area contributed by atoms with E-state index < -0.39 is 0 Å². The van der Waals surface area contributed by atoms with Crippen molar-refractivity contribution in [3.63, 3.8) is 0 Å². The highest BCUT2D eigenvalue weighted by Gasteiger charge is 2.27. The fourth-order valence-electron chi connectivity index (χ4n) is 3.53. The predicted octanol–water partition coefficient (Wildman–Crippen LogP) is 3.00. The molecule has 1 amide bonds. The Morgan fingerprint density at radius 3 is 2.82 bits per heavy atom. The number of phenolic OH excluding ortho intramolecular Hbond substituents is 2. The van der Waals surface area contributed by atoms with Gasteiger partial charge in [-0.05, 0) is 44.0 Å². The average Bonchev–Trinajstić information content (AvgIpc) is 2.66. The van der Waals surface area contributed by atoms with Crippen molar-refractivity contribution in [1.82, 2.24) is 4.90 Å². The molecule has 1 fully saturated rings. The van der Waals surface area contributed by atoms with E-state index in [1.54, 1.807) is 30.0 Å². The summed E-state index contributed by atoms with van der Waals surface area (Å²) in [5, 5.41) is 27.3. The lowest BCUT2D eigenvalue weighted by molar-refractivity contribution is 0.0630.